The van der Waals surface area contributed by atoms with Gasteiger partial charge in [0.05, 0.1) is 6.26 Å². The maximum atomic E-state index is 6.12. The van der Waals surface area contributed by atoms with Gasteiger partial charge in [-0.15, -0.1) is 0 Å². The first-order chi connectivity index (χ1) is 9.81. The van der Waals surface area contributed by atoms with E-state index in [9.17, 15) is 0 Å². The summed E-state index contributed by atoms with van der Waals surface area (Å²) in [5, 5.41) is 0. The number of rotatable bonds is 8. The van der Waals surface area contributed by atoms with Crippen molar-refractivity contribution >= 4 is 0 Å². The molecule has 0 radical (unpaired) electrons. The molecule has 108 valence electrons. The Morgan fingerprint density at radius 2 is 1.95 bits per heavy atom. The zero-order valence-electron chi connectivity index (χ0n) is 12.0. The topological polar surface area (TPSA) is 48.4 Å². The van der Waals surface area contributed by atoms with Crippen LogP contribution >= 0.6 is 0 Å². The smallest absolute Gasteiger partial charge is 0.134 e. The second kappa shape index (κ2) is 7.88. The quantitative estimate of drug-likeness (QED) is 0.746. The Labute approximate surface area is 120 Å². The van der Waals surface area contributed by atoms with Gasteiger partial charge in [-0.25, -0.2) is 0 Å². The average molecular weight is 273 g/mol. The van der Waals surface area contributed by atoms with Crippen LogP contribution in [-0.2, 0) is 11.2 Å². The van der Waals surface area contributed by atoms with E-state index in [1.54, 1.807) is 6.26 Å². The van der Waals surface area contributed by atoms with Gasteiger partial charge in [0.2, 0.25) is 0 Å². The number of furan rings is 1. The van der Waals surface area contributed by atoms with Gasteiger partial charge in [0.1, 0.15) is 11.9 Å². The summed E-state index contributed by atoms with van der Waals surface area (Å²) in [6.45, 7) is 2.75. The summed E-state index contributed by atoms with van der Waals surface area (Å²) in [5.41, 5.74) is 7.46. The van der Waals surface area contributed by atoms with Gasteiger partial charge < -0.3 is 14.9 Å². The molecule has 2 N–H and O–H groups in total. The fraction of sp³-hybridized carbons (Fsp3) is 0.412. The lowest BCUT2D eigenvalue weighted by Crippen LogP contribution is -2.29. The molecule has 2 atom stereocenters. The normalized spacial score (nSPS) is 14.1. The highest BCUT2D eigenvalue weighted by molar-refractivity contribution is 5.14. The van der Waals surface area contributed by atoms with E-state index >= 15 is 0 Å². The number of aryl methyl sites for hydroxylation is 1. The van der Waals surface area contributed by atoms with Crippen molar-refractivity contribution in [2.75, 3.05) is 6.61 Å². The summed E-state index contributed by atoms with van der Waals surface area (Å²) in [7, 11) is 0. The molecule has 1 heterocycles. The molecule has 0 spiro atoms. The Balaban J connectivity index is 1.81. The van der Waals surface area contributed by atoms with Crippen molar-refractivity contribution in [2.45, 2.75) is 38.3 Å². The molecule has 0 saturated carbocycles. The van der Waals surface area contributed by atoms with Crippen LogP contribution in [0.1, 0.15) is 37.2 Å². The third-order valence-corrected chi connectivity index (χ3v) is 3.43. The van der Waals surface area contributed by atoms with Crippen molar-refractivity contribution in [3.8, 4) is 0 Å². The zero-order valence-corrected chi connectivity index (χ0v) is 12.0. The van der Waals surface area contributed by atoms with Crippen molar-refractivity contribution in [1.82, 2.24) is 0 Å². The Bertz CT molecular complexity index is 467. The summed E-state index contributed by atoms with van der Waals surface area (Å²) < 4.78 is 11.4. The van der Waals surface area contributed by atoms with Crippen LogP contribution in [0.25, 0.3) is 0 Å². The number of hydrogen-bond acceptors (Lipinski definition) is 3. The first kappa shape index (κ1) is 14.8. The maximum absolute atomic E-state index is 6.12. The molecule has 20 heavy (non-hydrogen) atoms. The van der Waals surface area contributed by atoms with E-state index in [0.717, 1.165) is 25.0 Å². The Hall–Kier alpha value is -1.58. The van der Waals surface area contributed by atoms with Crippen molar-refractivity contribution in [3.63, 3.8) is 0 Å². The third-order valence-electron chi connectivity index (χ3n) is 3.43. The molecule has 0 aliphatic rings. The van der Waals surface area contributed by atoms with Crippen LogP contribution < -0.4 is 5.73 Å². The summed E-state index contributed by atoms with van der Waals surface area (Å²) in [6, 6.07) is 14.2. The highest BCUT2D eigenvalue weighted by Crippen LogP contribution is 2.22. The van der Waals surface area contributed by atoms with Gasteiger partial charge in [0.15, 0.2) is 0 Å². The minimum atomic E-state index is -0.147. The number of ether oxygens (including phenoxy) is 1. The summed E-state index contributed by atoms with van der Waals surface area (Å²) in [4.78, 5) is 0. The van der Waals surface area contributed by atoms with Crippen molar-refractivity contribution < 1.29 is 9.15 Å². The molecule has 0 amide bonds. The van der Waals surface area contributed by atoms with E-state index < -0.39 is 0 Å². The highest BCUT2D eigenvalue weighted by atomic mass is 16.5. The molecule has 0 saturated heterocycles. The molecule has 0 aliphatic carbocycles. The monoisotopic (exact) mass is 273 g/mol. The largest absolute Gasteiger partial charge is 0.467 e. The molecule has 1 aromatic heterocycles. The van der Waals surface area contributed by atoms with Gasteiger partial charge >= 0.3 is 0 Å². The Morgan fingerprint density at radius 3 is 2.60 bits per heavy atom. The molecule has 3 heteroatoms. The Kier molecular flexibility index (Phi) is 5.84. The maximum Gasteiger partial charge on any atom is 0.134 e. The molecule has 0 bridgehead atoms. The van der Waals surface area contributed by atoms with Gasteiger partial charge in [0, 0.05) is 12.6 Å². The highest BCUT2D eigenvalue weighted by Gasteiger charge is 2.21. The number of benzene rings is 1. The molecule has 0 aliphatic heterocycles. The van der Waals surface area contributed by atoms with Crippen LogP contribution in [-0.4, -0.2) is 12.6 Å². The van der Waals surface area contributed by atoms with E-state index in [1.165, 1.54) is 5.56 Å². The fourth-order valence-electron chi connectivity index (χ4n) is 2.22. The standard InChI is InChI=1S/C17H23NO2/c1-2-15(18)17(16-11-7-12-19-16)20-13-6-10-14-8-4-3-5-9-14/h3-5,7-9,11-12,15,17H,2,6,10,13,18H2,1H3. The van der Waals surface area contributed by atoms with Crippen LogP contribution in [0.2, 0.25) is 0 Å². The van der Waals surface area contributed by atoms with E-state index in [2.05, 4.69) is 31.2 Å². The van der Waals surface area contributed by atoms with E-state index in [0.29, 0.717) is 6.61 Å². The lowest BCUT2D eigenvalue weighted by Gasteiger charge is -2.21. The summed E-state index contributed by atoms with van der Waals surface area (Å²) in [5.74, 6) is 0.819. The average Bonchev–Trinajstić information content (AvgIpc) is 3.01. The van der Waals surface area contributed by atoms with E-state index in [-0.39, 0.29) is 12.1 Å². The first-order valence-electron chi connectivity index (χ1n) is 7.25. The second-order valence-corrected chi connectivity index (χ2v) is 4.97. The molecular weight excluding hydrogens is 250 g/mol. The van der Waals surface area contributed by atoms with Crippen molar-refractivity contribution in [2.24, 2.45) is 5.73 Å². The lowest BCUT2D eigenvalue weighted by atomic mass is 10.1. The number of nitrogens with two attached hydrogens (primary N) is 1. The first-order valence-corrected chi connectivity index (χ1v) is 7.25. The molecule has 1 aromatic carbocycles. The van der Waals surface area contributed by atoms with Crippen LogP contribution in [0.5, 0.6) is 0 Å². The molecular formula is C17H23NO2. The Morgan fingerprint density at radius 1 is 1.15 bits per heavy atom. The van der Waals surface area contributed by atoms with E-state index in [1.807, 2.05) is 18.2 Å². The molecule has 3 nitrogen and oxygen atoms in total. The second-order valence-electron chi connectivity index (χ2n) is 4.97. The van der Waals surface area contributed by atoms with E-state index in [4.69, 9.17) is 14.9 Å². The minimum absolute atomic E-state index is 0.0297. The summed E-state index contributed by atoms with van der Waals surface area (Å²) in [6.07, 6.45) is 4.39. The molecule has 2 unspecified atom stereocenters. The van der Waals surface area contributed by atoms with Gasteiger partial charge in [-0.1, -0.05) is 37.3 Å². The van der Waals surface area contributed by atoms with Crippen LogP contribution in [0.15, 0.2) is 53.1 Å². The van der Waals surface area contributed by atoms with Gasteiger partial charge in [0.25, 0.3) is 0 Å². The SMILES string of the molecule is CCC(N)C(OCCCc1ccccc1)c1ccco1. The minimum Gasteiger partial charge on any atom is -0.467 e. The lowest BCUT2D eigenvalue weighted by molar-refractivity contribution is 0.0180. The van der Waals surface area contributed by atoms with Gasteiger partial charge in [-0.05, 0) is 37.0 Å². The van der Waals surface area contributed by atoms with Crippen molar-refractivity contribution in [3.05, 3.63) is 60.1 Å². The fourth-order valence-corrected chi connectivity index (χ4v) is 2.22. The third kappa shape index (κ3) is 4.22. The molecule has 0 fully saturated rings. The molecule has 2 aromatic rings. The van der Waals surface area contributed by atoms with Gasteiger partial charge in [-0.2, -0.15) is 0 Å². The van der Waals surface area contributed by atoms with Crippen molar-refractivity contribution in [1.29, 1.82) is 0 Å². The number of hydrogen-bond donors (Lipinski definition) is 1. The van der Waals surface area contributed by atoms with Crippen LogP contribution in [0.4, 0.5) is 0 Å². The van der Waals surface area contributed by atoms with Gasteiger partial charge in [-0.3, -0.25) is 0 Å². The van der Waals surface area contributed by atoms with Crippen LogP contribution in [0.3, 0.4) is 0 Å². The summed E-state index contributed by atoms with van der Waals surface area (Å²) >= 11 is 0. The zero-order chi connectivity index (χ0) is 14.2. The predicted molar refractivity (Wildman–Crippen MR) is 80.4 cm³/mol. The molecule has 2 rings (SSSR count). The predicted octanol–water partition coefficient (Wildman–Crippen LogP) is 3.71. The van der Waals surface area contributed by atoms with Crippen LogP contribution in [0, 0.1) is 0 Å².